The van der Waals surface area contributed by atoms with E-state index in [-0.39, 0.29) is 30.3 Å². The average Bonchev–Trinajstić information content (AvgIpc) is 3.10. The molecule has 2 N–H and O–H groups in total. The number of carbonyl (C=O) groups is 2. The quantitative estimate of drug-likeness (QED) is 0.162. The van der Waals surface area contributed by atoms with Gasteiger partial charge in [0.2, 0.25) is 0 Å². The molecule has 2 heterocycles. The number of nitrogens with zero attached hydrogens (tertiary/aromatic N) is 1. The van der Waals surface area contributed by atoms with Crippen molar-refractivity contribution in [1.82, 2.24) is 15.2 Å². The van der Waals surface area contributed by atoms with Crippen LogP contribution in [0.2, 0.25) is 0 Å². The predicted molar refractivity (Wildman–Crippen MR) is 156 cm³/mol. The topological polar surface area (TPSA) is 72.4 Å². The van der Waals surface area contributed by atoms with E-state index >= 15 is 4.39 Å². The Morgan fingerprint density at radius 1 is 1.24 bits per heavy atom. The van der Waals surface area contributed by atoms with Crippen LogP contribution in [0.4, 0.5) is 4.39 Å². The molecule has 1 amide bonds. The van der Waals surface area contributed by atoms with Gasteiger partial charge in [-0.05, 0) is 60.9 Å². The van der Waals surface area contributed by atoms with Crippen molar-refractivity contribution in [3.63, 3.8) is 0 Å². The molecule has 6 nitrogen and oxygen atoms in total. The summed E-state index contributed by atoms with van der Waals surface area (Å²) in [5.74, 6) is 0.0123. The molecule has 204 valence electrons. The maximum Gasteiger partial charge on any atom is 0.307 e. The molecule has 0 saturated carbocycles. The molecule has 3 aromatic rings. The molecule has 0 unspecified atom stereocenters. The Kier molecular flexibility index (Phi) is 9.79. The molecule has 4 rings (SSSR count). The van der Waals surface area contributed by atoms with E-state index in [2.05, 4.69) is 53.3 Å². The minimum Gasteiger partial charge on any atom is -0.465 e. The Hall–Kier alpha value is -2.49. The van der Waals surface area contributed by atoms with Gasteiger partial charge in [-0.15, -0.1) is 0 Å². The van der Waals surface area contributed by atoms with Gasteiger partial charge in [0.15, 0.2) is 0 Å². The van der Waals surface area contributed by atoms with Crippen LogP contribution in [-0.4, -0.2) is 48.7 Å². The summed E-state index contributed by atoms with van der Waals surface area (Å²) in [6.07, 6.45) is 3.50. The van der Waals surface area contributed by atoms with Gasteiger partial charge in [-0.25, -0.2) is 4.39 Å². The van der Waals surface area contributed by atoms with Crippen molar-refractivity contribution in [2.75, 3.05) is 32.2 Å². The predicted octanol–water partition coefficient (Wildman–Crippen LogP) is 5.98. The number of esters is 1. The normalized spacial score (nSPS) is 14.0. The Morgan fingerprint density at radius 2 is 2.00 bits per heavy atom. The van der Waals surface area contributed by atoms with Crippen LogP contribution in [0, 0.1) is 11.7 Å². The van der Waals surface area contributed by atoms with E-state index in [0.717, 1.165) is 40.1 Å². The van der Waals surface area contributed by atoms with Crippen LogP contribution in [0.15, 0.2) is 36.4 Å². The summed E-state index contributed by atoms with van der Waals surface area (Å²) in [7, 11) is 5.20. The summed E-state index contributed by atoms with van der Waals surface area (Å²) in [4.78, 5) is 25.9. The standard InChI is InChI=1S/C29H36FN3O3S2/c1-18(2)13-22(16-26(34)36-11-12-38-37-4)33-25-15-21(30)14-24-27(25)23(9-10-32-29(24)35)28(33)20-7-5-19(6-8-20)17-31-3/h5-8,14-15,18,22,31H,9-13,16-17H2,1-4H3,(H,32,35)/t22-/m1/s1. The van der Waals surface area contributed by atoms with Crippen LogP contribution in [0.3, 0.4) is 0 Å². The van der Waals surface area contributed by atoms with Crippen molar-refractivity contribution >= 4 is 44.4 Å². The molecule has 0 saturated heterocycles. The number of hydrogen-bond donors (Lipinski definition) is 2. The van der Waals surface area contributed by atoms with Gasteiger partial charge in [0.25, 0.3) is 5.91 Å². The molecular weight excluding hydrogens is 521 g/mol. The largest absolute Gasteiger partial charge is 0.465 e. The fraction of sp³-hybridized carbons (Fsp3) is 0.448. The fourth-order valence-corrected chi connectivity index (χ4v) is 6.35. The molecule has 1 aliphatic rings. The van der Waals surface area contributed by atoms with Gasteiger partial charge in [-0.3, -0.25) is 9.59 Å². The van der Waals surface area contributed by atoms with E-state index in [0.29, 0.717) is 37.1 Å². The molecule has 0 radical (unpaired) electrons. The van der Waals surface area contributed by atoms with Gasteiger partial charge in [-0.1, -0.05) is 59.7 Å². The van der Waals surface area contributed by atoms with E-state index < -0.39 is 5.82 Å². The second-order valence-corrected chi connectivity index (χ2v) is 12.7. The third kappa shape index (κ3) is 6.38. The highest BCUT2D eigenvalue weighted by molar-refractivity contribution is 8.76. The first-order valence-corrected chi connectivity index (χ1v) is 15.8. The minimum absolute atomic E-state index is 0.175. The zero-order valence-electron chi connectivity index (χ0n) is 22.4. The number of carbonyl (C=O) groups excluding carboxylic acids is 2. The van der Waals surface area contributed by atoms with Gasteiger partial charge >= 0.3 is 5.97 Å². The zero-order valence-corrected chi connectivity index (χ0v) is 24.1. The van der Waals surface area contributed by atoms with Crippen molar-refractivity contribution in [3.05, 3.63) is 58.9 Å². The minimum atomic E-state index is -0.467. The lowest BCUT2D eigenvalue weighted by atomic mass is 9.98. The molecule has 0 spiro atoms. The monoisotopic (exact) mass is 557 g/mol. The van der Waals surface area contributed by atoms with Crippen molar-refractivity contribution in [1.29, 1.82) is 0 Å². The zero-order chi connectivity index (χ0) is 27.2. The summed E-state index contributed by atoms with van der Waals surface area (Å²) in [6.45, 7) is 5.81. The SMILES string of the molecule is CNCc1ccc(-c2c3c4c(cc(F)cc4n2[C@@H](CC(=O)OCCSSC)CC(C)C)C(=O)NCC3)cc1. The highest BCUT2D eigenvalue weighted by Crippen LogP contribution is 2.42. The summed E-state index contributed by atoms with van der Waals surface area (Å²) in [6, 6.07) is 10.9. The lowest BCUT2D eigenvalue weighted by Crippen LogP contribution is -2.24. The molecule has 1 aliphatic heterocycles. The third-order valence-electron chi connectivity index (χ3n) is 6.74. The molecular formula is C29H36FN3O3S2. The molecule has 1 aromatic heterocycles. The van der Waals surface area contributed by atoms with Gasteiger partial charge in [0.1, 0.15) is 12.4 Å². The highest BCUT2D eigenvalue weighted by Gasteiger charge is 2.30. The van der Waals surface area contributed by atoms with Crippen molar-refractivity contribution in [3.8, 4) is 11.3 Å². The maximum atomic E-state index is 15.0. The molecule has 0 fully saturated rings. The fourth-order valence-electron chi connectivity index (χ4n) is 5.33. The molecule has 1 atom stereocenters. The number of benzene rings is 2. The second kappa shape index (κ2) is 13.0. The van der Waals surface area contributed by atoms with E-state index in [1.54, 1.807) is 21.6 Å². The summed E-state index contributed by atoms with van der Waals surface area (Å²) in [5, 5.41) is 6.86. The van der Waals surface area contributed by atoms with E-state index in [9.17, 15) is 9.59 Å². The van der Waals surface area contributed by atoms with Crippen LogP contribution in [0.5, 0.6) is 0 Å². The number of amides is 1. The second-order valence-electron chi connectivity index (χ2n) is 9.97. The molecule has 0 aliphatic carbocycles. The van der Waals surface area contributed by atoms with Crippen molar-refractivity contribution < 1.29 is 18.7 Å². The summed E-state index contributed by atoms with van der Waals surface area (Å²) >= 11 is 0. The smallest absolute Gasteiger partial charge is 0.307 e. The van der Waals surface area contributed by atoms with Gasteiger partial charge in [0.05, 0.1) is 23.2 Å². The first-order valence-electron chi connectivity index (χ1n) is 13.0. The average molecular weight is 558 g/mol. The van der Waals surface area contributed by atoms with E-state index in [1.165, 1.54) is 12.1 Å². The molecule has 0 bridgehead atoms. The Labute approximate surface area is 231 Å². The van der Waals surface area contributed by atoms with Crippen molar-refractivity contribution in [2.24, 2.45) is 5.92 Å². The van der Waals surface area contributed by atoms with Crippen molar-refractivity contribution in [2.45, 2.75) is 45.7 Å². The molecule has 9 heteroatoms. The maximum absolute atomic E-state index is 15.0. The van der Waals surface area contributed by atoms with Crippen LogP contribution in [0.25, 0.3) is 22.2 Å². The van der Waals surface area contributed by atoms with Gasteiger partial charge in [-0.2, -0.15) is 0 Å². The number of hydrogen-bond acceptors (Lipinski definition) is 6. The lowest BCUT2D eigenvalue weighted by molar-refractivity contribution is -0.144. The van der Waals surface area contributed by atoms with Crippen LogP contribution >= 0.6 is 21.6 Å². The summed E-state index contributed by atoms with van der Waals surface area (Å²) in [5.41, 5.74) is 5.08. The summed E-state index contributed by atoms with van der Waals surface area (Å²) < 4.78 is 22.7. The Bertz CT molecular complexity index is 1290. The van der Waals surface area contributed by atoms with Gasteiger partial charge < -0.3 is 19.9 Å². The number of halogens is 1. The first kappa shape index (κ1) is 28.5. The number of ether oxygens (including phenoxy) is 1. The number of rotatable bonds is 12. The third-order valence-corrected chi connectivity index (χ3v) is 8.52. The van der Waals surface area contributed by atoms with Crippen LogP contribution < -0.4 is 10.6 Å². The lowest BCUT2D eigenvalue weighted by Gasteiger charge is -2.25. The molecule has 2 aromatic carbocycles. The number of nitrogens with one attached hydrogen (secondary N) is 2. The molecule has 38 heavy (non-hydrogen) atoms. The Morgan fingerprint density at radius 3 is 2.68 bits per heavy atom. The Balaban J connectivity index is 1.90. The van der Waals surface area contributed by atoms with Crippen LogP contribution in [-0.2, 0) is 22.5 Å². The number of aromatic nitrogens is 1. The van der Waals surface area contributed by atoms with Crippen LogP contribution in [0.1, 0.15) is 54.2 Å². The van der Waals surface area contributed by atoms with E-state index in [1.807, 2.05) is 13.3 Å². The first-order chi connectivity index (χ1) is 18.3. The van der Waals surface area contributed by atoms with E-state index in [4.69, 9.17) is 4.74 Å². The highest BCUT2D eigenvalue weighted by atomic mass is 33.1. The van der Waals surface area contributed by atoms with Gasteiger partial charge in [0, 0.05) is 30.3 Å².